The summed E-state index contributed by atoms with van der Waals surface area (Å²) < 4.78 is 11.2. The topological polar surface area (TPSA) is 59.0 Å². The van der Waals surface area contributed by atoms with Gasteiger partial charge in [-0.25, -0.2) is 0 Å². The lowest BCUT2D eigenvalue weighted by Gasteiger charge is -2.37. The van der Waals surface area contributed by atoms with Crippen LogP contribution in [0.2, 0.25) is 0 Å². The standard InChI is InChI=1S/C11H19NO4/c1-15-9-2-5-16-11(6-9)3-4-12(8-11)7-10(13)14/h9H,2-8H2,1H3,(H,13,14)/t9-,11-/m0/s1. The lowest BCUT2D eigenvalue weighted by molar-refractivity contribution is -0.139. The van der Waals surface area contributed by atoms with Crippen LogP contribution in [0.15, 0.2) is 0 Å². The summed E-state index contributed by atoms with van der Waals surface area (Å²) in [5.74, 6) is -0.767. The van der Waals surface area contributed by atoms with Crippen LogP contribution < -0.4 is 0 Å². The highest BCUT2D eigenvalue weighted by atomic mass is 16.5. The van der Waals surface area contributed by atoms with E-state index >= 15 is 0 Å². The molecule has 5 nitrogen and oxygen atoms in total. The summed E-state index contributed by atoms with van der Waals surface area (Å²) in [6.45, 7) is 2.37. The highest BCUT2D eigenvalue weighted by Gasteiger charge is 2.43. The zero-order valence-electron chi connectivity index (χ0n) is 9.65. The summed E-state index contributed by atoms with van der Waals surface area (Å²) >= 11 is 0. The van der Waals surface area contributed by atoms with E-state index in [2.05, 4.69) is 0 Å². The van der Waals surface area contributed by atoms with Crippen molar-refractivity contribution in [1.29, 1.82) is 0 Å². The molecule has 2 heterocycles. The molecule has 0 aromatic rings. The molecule has 16 heavy (non-hydrogen) atoms. The van der Waals surface area contributed by atoms with Crippen LogP contribution in [0.5, 0.6) is 0 Å². The average Bonchev–Trinajstić information content (AvgIpc) is 2.60. The maximum Gasteiger partial charge on any atom is 0.317 e. The molecule has 0 aliphatic carbocycles. The predicted octanol–water partition coefficient (Wildman–Crippen LogP) is 0.341. The van der Waals surface area contributed by atoms with E-state index in [-0.39, 0.29) is 18.2 Å². The van der Waals surface area contributed by atoms with Crippen LogP contribution in [-0.2, 0) is 14.3 Å². The van der Waals surface area contributed by atoms with Crippen LogP contribution in [0.4, 0.5) is 0 Å². The fourth-order valence-electron chi connectivity index (χ4n) is 2.72. The minimum absolute atomic E-state index is 0.114. The number of aliphatic carboxylic acids is 1. The first-order chi connectivity index (χ1) is 7.63. The van der Waals surface area contributed by atoms with Crippen molar-refractivity contribution in [1.82, 2.24) is 4.90 Å². The molecule has 0 unspecified atom stereocenters. The highest BCUT2D eigenvalue weighted by molar-refractivity contribution is 5.69. The molecular weight excluding hydrogens is 210 g/mol. The molecule has 0 aromatic carbocycles. The molecule has 2 aliphatic heterocycles. The highest BCUT2D eigenvalue weighted by Crippen LogP contribution is 2.34. The summed E-state index contributed by atoms with van der Waals surface area (Å²) in [4.78, 5) is 12.6. The van der Waals surface area contributed by atoms with Gasteiger partial charge in [-0.1, -0.05) is 0 Å². The Morgan fingerprint density at radius 3 is 3.19 bits per heavy atom. The van der Waals surface area contributed by atoms with E-state index in [0.717, 1.165) is 39.0 Å². The minimum atomic E-state index is -0.767. The lowest BCUT2D eigenvalue weighted by Crippen LogP contribution is -2.45. The minimum Gasteiger partial charge on any atom is -0.480 e. The second kappa shape index (κ2) is 4.69. The van der Waals surface area contributed by atoms with Gasteiger partial charge in [-0.05, 0) is 12.8 Å². The Morgan fingerprint density at radius 2 is 2.50 bits per heavy atom. The van der Waals surface area contributed by atoms with Gasteiger partial charge >= 0.3 is 5.97 Å². The van der Waals surface area contributed by atoms with Crippen molar-refractivity contribution >= 4 is 5.97 Å². The van der Waals surface area contributed by atoms with Gasteiger partial charge < -0.3 is 14.6 Å². The number of rotatable bonds is 3. The number of methoxy groups -OCH3 is 1. The van der Waals surface area contributed by atoms with Gasteiger partial charge in [0.25, 0.3) is 0 Å². The fourth-order valence-corrected chi connectivity index (χ4v) is 2.72. The smallest absolute Gasteiger partial charge is 0.317 e. The Morgan fingerprint density at radius 1 is 1.69 bits per heavy atom. The van der Waals surface area contributed by atoms with Crippen LogP contribution in [0.1, 0.15) is 19.3 Å². The maximum absolute atomic E-state index is 10.6. The van der Waals surface area contributed by atoms with E-state index < -0.39 is 5.97 Å². The summed E-state index contributed by atoms with van der Waals surface area (Å²) in [5, 5.41) is 8.75. The maximum atomic E-state index is 10.6. The summed E-state index contributed by atoms with van der Waals surface area (Å²) in [5.41, 5.74) is -0.158. The largest absolute Gasteiger partial charge is 0.480 e. The normalized spacial score (nSPS) is 35.7. The Bertz CT molecular complexity index is 271. The van der Waals surface area contributed by atoms with E-state index in [1.807, 2.05) is 4.90 Å². The SMILES string of the molecule is CO[C@H]1CCO[C@@]2(CCN(CC(=O)O)C2)C1. The zero-order valence-corrected chi connectivity index (χ0v) is 9.65. The van der Waals surface area contributed by atoms with Gasteiger partial charge in [0.2, 0.25) is 0 Å². The fraction of sp³-hybridized carbons (Fsp3) is 0.909. The Balaban J connectivity index is 1.92. The number of carboxylic acids is 1. The van der Waals surface area contributed by atoms with Crippen LogP contribution >= 0.6 is 0 Å². The molecular formula is C11H19NO4. The van der Waals surface area contributed by atoms with Crippen molar-refractivity contribution < 1.29 is 19.4 Å². The van der Waals surface area contributed by atoms with Crippen LogP contribution in [0.3, 0.4) is 0 Å². The third kappa shape index (κ3) is 2.53. The van der Waals surface area contributed by atoms with Gasteiger partial charge in [0.1, 0.15) is 0 Å². The van der Waals surface area contributed by atoms with Gasteiger partial charge in [-0.15, -0.1) is 0 Å². The van der Waals surface area contributed by atoms with Gasteiger partial charge in [-0.2, -0.15) is 0 Å². The van der Waals surface area contributed by atoms with E-state index in [0.29, 0.717) is 0 Å². The first kappa shape index (κ1) is 11.8. The number of carbonyl (C=O) groups is 1. The molecule has 0 radical (unpaired) electrons. The lowest BCUT2D eigenvalue weighted by atomic mass is 9.91. The van der Waals surface area contributed by atoms with Gasteiger partial charge in [0.05, 0.1) is 18.2 Å². The second-order valence-corrected chi connectivity index (χ2v) is 4.74. The molecule has 0 aromatic heterocycles. The van der Waals surface area contributed by atoms with Crippen LogP contribution in [0.25, 0.3) is 0 Å². The average molecular weight is 229 g/mol. The van der Waals surface area contributed by atoms with Crippen molar-refractivity contribution in [3.05, 3.63) is 0 Å². The number of carboxylic acid groups (broad SMARTS) is 1. The Hall–Kier alpha value is -0.650. The molecule has 2 atom stereocenters. The number of ether oxygens (including phenoxy) is 2. The molecule has 1 spiro atoms. The number of hydrogen-bond acceptors (Lipinski definition) is 4. The predicted molar refractivity (Wildman–Crippen MR) is 57.4 cm³/mol. The third-order valence-electron chi connectivity index (χ3n) is 3.54. The number of likely N-dealkylation sites (tertiary alicyclic amines) is 1. The molecule has 0 amide bonds. The molecule has 1 N–H and O–H groups in total. The molecule has 2 rings (SSSR count). The summed E-state index contributed by atoms with van der Waals surface area (Å²) in [6.07, 6.45) is 3.01. The molecule has 2 fully saturated rings. The quantitative estimate of drug-likeness (QED) is 0.756. The van der Waals surface area contributed by atoms with Crippen molar-refractivity contribution in [2.45, 2.75) is 31.0 Å². The first-order valence-corrected chi connectivity index (χ1v) is 5.74. The van der Waals surface area contributed by atoms with Gasteiger partial charge in [0, 0.05) is 33.2 Å². The monoisotopic (exact) mass is 229 g/mol. The first-order valence-electron chi connectivity index (χ1n) is 5.74. The summed E-state index contributed by atoms with van der Waals surface area (Å²) in [7, 11) is 1.73. The van der Waals surface area contributed by atoms with E-state index in [1.54, 1.807) is 7.11 Å². The van der Waals surface area contributed by atoms with E-state index in [1.165, 1.54) is 0 Å². The molecule has 92 valence electrons. The molecule has 0 saturated carbocycles. The molecule has 2 aliphatic rings. The second-order valence-electron chi connectivity index (χ2n) is 4.74. The van der Waals surface area contributed by atoms with Gasteiger partial charge in [-0.3, -0.25) is 9.69 Å². The molecule has 5 heteroatoms. The van der Waals surface area contributed by atoms with Crippen molar-refractivity contribution in [2.24, 2.45) is 0 Å². The summed E-state index contributed by atoms with van der Waals surface area (Å²) in [6, 6.07) is 0. The zero-order chi connectivity index (χ0) is 11.6. The van der Waals surface area contributed by atoms with E-state index in [4.69, 9.17) is 14.6 Å². The Kier molecular flexibility index (Phi) is 3.47. The number of nitrogens with zero attached hydrogens (tertiary/aromatic N) is 1. The molecule has 2 saturated heterocycles. The van der Waals surface area contributed by atoms with E-state index in [9.17, 15) is 4.79 Å². The van der Waals surface area contributed by atoms with Crippen molar-refractivity contribution in [3.8, 4) is 0 Å². The van der Waals surface area contributed by atoms with Crippen LogP contribution in [0, 0.1) is 0 Å². The van der Waals surface area contributed by atoms with Crippen molar-refractivity contribution in [2.75, 3.05) is 33.4 Å². The molecule has 0 bridgehead atoms. The third-order valence-corrected chi connectivity index (χ3v) is 3.54. The number of hydrogen-bond donors (Lipinski definition) is 1. The van der Waals surface area contributed by atoms with Gasteiger partial charge in [0.15, 0.2) is 0 Å². The van der Waals surface area contributed by atoms with Crippen LogP contribution in [-0.4, -0.2) is 61.0 Å². The van der Waals surface area contributed by atoms with Crippen molar-refractivity contribution in [3.63, 3.8) is 0 Å². The Labute approximate surface area is 95.3 Å².